The highest BCUT2D eigenvalue weighted by molar-refractivity contribution is 9.10. The van der Waals surface area contributed by atoms with Crippen molar-refractivity contribution in [1.82, 2.24) is 10.2 Å². The van der Waals surface area contributed by atoms with Crippen LogP contribution in [0, 0.1) is 0 Å². The first kappa shape index (κ1) is 29.0. The molecule has 0 heterocycles. The molecule has 2 amide bonds. The predicted molar refractivity (Wildman–Crippen MR) is 153 cm³/mol. The molecule has 0 saturated carbocycles. The Morgan fingerprint density at radius 2 is 1.65 bits per heavy atom. The highest BCUT2D eigenvalue weighted by Gasteiger charge is 2.31. The number of likely N-dealkylation sites (N-methyl/N-ethyl adjacent to an activating group) is 1. The Morgan fingerprint density at radius 3 is 2.22 bits per heavy atom. The average Bonchev–Trinajstić information content (AvgIpc) is 2.86. The molecule has 3 rings (SSSR count). The molecule has 0 fully saturated rings. The van der Waals surface area contributed by atoms with Gasteiger partial charge in [0.05, 0.1) is 4.47 Å². The maximum atomic E-state index is 13.7. The maximum absolute atomic E-state index is 13.7. The summed E-state index contributed by atoms with van der Waals surface area (Å²) < 4.78 is 6.67. The van der Waals surface area contributed by atoms with Crippen LogP contribution >= 0.6 is 39.1 Å². The monoisotopic (exact) mass is 604 g/mol. The molecule has 0 aliphatic rings. The quantitative estimate of drug-likeness (QED) is 0.291. The fourth-order valence-corrected chi connectivity index (χ4v) is 4.89. The fourth-order valence-electron chi connectivity index (χ4n) is 3.88. The third-order valence-electron chi connectivity index (χ3n) is 6.06. The summed E-state index contributed by atoms with van der Waals surface area (Å²) in [5, 5.41) is 3.53. The molecule has 0 saturated heterocycles. The van der Waals surface area contributed by atoms with Gasteiger partial charge >= 0.3 is 0 Å². The average molecular weight is 606 g/mol. The van der Waals surface area contributed by atoms with Gasteiger partial charge in [-0.05, 0) is 56.7 Å². The lowest BCUT2D eigenvalue weighted by atomic mass is 9.87. The van der Waals surface area contributed by atoms with Crippen molar-refractivity contribution in [3.05, 3.63) is 97.9 Å². The second-order valence-corrected chi connectivity index (χ2v) is 11.4. The van der Waals surface area contributed by atoms with E-state index in [0.717, 1.165) is 15.6 Å². The van der Waals surface area contributed by atoms with E-state index in [-0.39, 0.29) is 30.4 Å². The smallest absolute Gasteiger partial charge is 0.261 e. The minimum absolute atomic E-state index is 0.0277. The molecule has 3 aromatic rings. The number of halogens is 3. The van der Waals surface area contributed by atoms with Crippen LogP contribution in [0.1, 0.15) is 37.5 Å². The van der Waals surface area contributed by atoms with Crippen molar-refractivity contribution in [3.63, 3.8) is 0 Å². The van der Waals surface area contributed by atoms with Gasteiger partial charge in [-0.15, -0.1) is 0 Å². The number of carbonyl (C=O) groups is 2. The van der Waals surface area contributed by atoms with Crippen molar-refractivity contribution in [1.29, 1.82) is 0 Å². The molecule has 0 radical (unpaired) electrons. The Hall–Kier alpha value is -2.54. The second kappa shape index (κ2) is 12.8. The number of amides is 2. The molecule has 1 atom stereocenters. The van der Waals surface area contributed by atoms with E-state index in [1.54, 1.807) is 25.2 Å². The summed E-state index contributed by atoms with van der Waals surface area (Å²) in [5.74, 6) is -0.125. The van der Waals surface area contributed by atoms with Crippen LogP contribution in [0.4, 0.5) is 0 Å². The van der Waals surface area contributed by atoms with Crippen molar-refractivity contribution in [2.45, 2.75) is 45.2 Å². The molecule has 0 spiro atoms. The first-order valence-electron chi connectivity index (χ1n) is 11.9. The standard InChI is InChI=1S/C29H31BrCl2N2O3/c1-29(2,3)20-13-14-26(22(30)16-20)37-18-27(35)34(17-21-23(31)11-8-12-24(21)32)25(28(36)33-4)15-19-9-6-5-7-10-19/h5-14,16,25H,15,17-18H2,1-4H3,(H,33,36)/t25-/m1/s1. The van der Waals surface area contributed by atoms with Crippen LogP contribution in [0.25, 0.3) is 0 Å². The van der Waals surface area contributed by atoms with Gasteiger partial charge in [-0.25, -0.2) is 0 Å². The molecule has 0 aliphatic heterocycles. The van der Waals surface area contributed by atoms with E-state index >= 15 is 0 Å². The zero-order valence-corrected chi connectivity index (χ0v) is 24.5. The lowest BCUT2D eigenvalue weighted by Crippen LogP contribution is -2.51. The van der Waals surface area contributed by atoms with Crippen LogP contribution in [0.15, 0.2) is 71.2 Å². The van der Waals surface area contributed by atoms with E-state index in [1.165, 1.54) is 4.90 Å². The number of hydrogen-bond acceptors (Lipinski definition) is 3. The molecule has 37 heavy (non-hydrogen) atoms. The highest BCUT2D eigenvalue weighted by atomic mass is 79.9. The lowest BCUT2D eigenvalue weighted by molar-refractivity contribution is -0.142. The van der Waals surface area contributed by atoms with E-state index in [2.05, 4.69) is 42.0 Å². The van der Waals surface area contributed by atoms with Crippen molar-refractivity contribution < 1.29 is 14.3 Å². The number of rotatable bonds is 9. The van der Waals surface area contributed by atoms with Gasteiger partial charge in [0.25, 0.3) is 5.91 Å². The van der Waals surface area contributed by atoms with Crippen LogP contribution < -0.4 is 10.1 Å². The van der Waals surface area contributed by atoms with Crippen LogP contribution in [0.5, 0.6) is 5.75 Å². The van der Waals surface area contributed by atoms with E-state index in [9.17, 15) is 9.59 Å². The Balaban J connectivity index is 1.92. The Kier molecular flexibility index (Phi) is 10.0. The third kappa shape index (κ3) is 7.73. The molecule has 0 aromatic heterocycles. The number of nitrogens with zero attached hydrogens (tertiary/aromatic N) is 1. The Bertz CT molecular complexity index is 1230. The maximum Gasteiger partial charge on any atom is 0.261 e. The molecule has 0 aliphatic carbocycles. The lowest BCUT2D eigenvalue weighted by Gasteiger charge is -2.31. The summed E-state index contributed by atoms with van der Waals surface area (Å²) in [5.41, 5.74) is 2.59. The summed E-state index contributed by atoms with van der Waals surface area (Å²) in [4.78, 5) is 28.2. The zero-order chi connectivity index (χ0) is 27.2. The highest BCUT2D eigenvalue weighted by Crippen LogP contribution is 2.32. The predicted octanol–water partition coefficient (Wildman–Crippen LogP) is 6.82. The number of nitrogens with one attached hydrogen (secondary N) is 1. The molecular formula is C29H31BrCl2N2O3. The topological polar surface area (TPSA) is 58.6 Å². The van der Waals surface area contributed by atoms with Crippen molar-refractivity contribution >= 4 is 50.9 Å². The summed E-state index contributed by atoms with van der Waals surface area (Å²) in [7, 11) is 1.55. The number of carbonyl (C=O) groups excluding carboxylic acids is 2. The van der Waals surface area contributed by atoms with Gasteiger partial charge in [-0.1, -0.05) is 86.4 Å². The molecule has 0 unspecified atom stereocenters. The van der Waals surface area contributed by atoms with Crippen molar-refractivity contribution in [2.75, 3.05) is 13.7 Å². The molecule has 196 valence electrons. The first-order chi connectivity index (χ1) is 17.5. The summed E-state index contributed by atoms with van der Waals surface area (Å²) >= 11 is 16.4. The summed E-state index contributed by atoms with van der Waals surface area (Å²) in [6.45, 7) is 6.17. The van der Waals surface area contributed by atoms with E-state index in [0.29, 0.717) is 27.8 Å². The summed E-state index contributed by atoms with van der Waals surface area (Å²) in [6, 6.07) is 19.7. The number of hydrogen-bond donors (Lipinski definition) is 1. The van der Waals surface area contributed by atoms with Crippen molar-refractivity contribution in [3.8, 4) is 5.75 Å². The van der Waals surface area contributed by atoms with E-state index in [4.69, 9.17) is 27.9 Å². The fraction of sp³-hybridized carbons (Fsp3) is 0.310. The molecule has 1 N–H and O–H groups in total. The molecular weight excluding hydrogens is 575 g/mol. The number of ether oxygens (including phenoxy) is 1. The van der Waals surface area contributed by atoms with Crippen LogP contribution in [-0.2, 0) is 28.0 Å². The van der Waals surface area contributed by atoms with Gasteiger partial charge in [-0.2, -0.15) is 0 Å². The largest absolute Gasteiger partial charge is 0.483 e. The normalized spacial score (nSPS) is 12.1. The van der Waals surface area contributed by atoms with Crippen LogP contribution in [-0.4, -0.2) is 36.4 Å². The van der Waals surface area contributed by atoms with Gasteiger partial charge in [0.15, 0.2) is 6.61 Å². The molecule has 0 bridgehead atoms. The van der Waals surface area contributed by atoms with Crippen LogP contribution in [0.2, 0.25) is 10.0 Å². The zero-order valence-electron chi connectivity index (χ0n) is 21.4. The number of benzene rings is 3. The molecule has 3 aromatic carbocycles. The van der Waals surface area contributed by atoms with Crippen LogP contribution in [0.3, 0.4) is 0 Å². The van der Waals surface area contributed by atoms with E-state index < -0.39 is 6.04 Å². The van der Waals surface area contributed by atoms with Crippen molar-refractivity contribution in [2.24, 2.45) is 0 Å². The summed E-state index contributed by atoms with van der Waals surface area (Å²) in [6.07, 6.45) is 0.318. The van der Waals surface area contributed by atoms with Gasteiger partial charge in [0.1, 0.15) is 11.8 Å². The van der Waals surface area contributed by atoms with E-state index in [1.807, 2.05) is 48.5 Å². The first-order valence-corrected chi connectivity index (χ1v) is 13.5. The van der Waals surface area contributed by atoms with Gasteiger partial charge < -0.3 is 15.0 Å². The minimum Gasteiger partial charge on any atom is -0.483 e. The second-order valence-electron chi connectivity index (χ2n) is 9.73. The Morgan fingerprint density at radius 1 is 1.00 bits per heavy atom. The molecule has 8 heteroatoms. The Labute approximate surface area is 237 Å². The third-order valence-corrected chi connectivity index (χ3v) is 7.38. The molecule has 5 nitrogen and oxygen atoms in total. The van der Waals surface area contributed by atoms with Gasteiger partial charge in [0, 0.05) is 35.6 Å². The van der Waals surface area contributed by atoms with Gasteiger partial charge in [-0.3, -0.25) is 9.59 Å². The SMILES string of the molecule is CNC(=O)[C@@H](Cc1ccccc1)N(Cc1c(Cl)cccc1Cl)C(=O)COc1ccc(C(C)(C)C)cc1Br. The van der Waals surface area contributed by atoms with Gasteiger partial charge in [0.2, 0.25) is 5.91 Å². The minimum atomic E-state index is -0.803.